The van der Waals surface area contributed by atoms with Gasteiger partial charge >= 0.3 is 14.1 Å². The molecule has 0 aromatic heterocycles. The second-order valence-electron chi connectivity index (χ2n) is 6.58. The molecule has 0 unspecified atom stereocenters. The lowest BCUT2D eigenvalue weighted by atomic mass is 10.2. The monoisotopic (exact) mass is 218 g/mol. The smallest absolute Gasteiger partial charge is 0.109 e. The Hall–Kier alpha value is -0.248. The Balaban J connectivity index is 3.15. The van der Waals surface area contributed by atoms with Crippen LogP contribution in [-0.4, -0.2) is 14.1 Å². The highest BCUT2D eigenvalue weighted by atomic mass is 27.2. The summed E-state index contributed by atoms with van der Waals surface area (Å²) in [5, 5.41) is 0. The van der Waals surface area contributed by atoms with Crippen molar-refractivity contribution in [2.24, 2.45) is 0 Å². The molecule has 15 heavy (non-hydrogen) atoms. The van der Waals surface area contributed by atoms with Crippen molar-refractivity contribution in [1.29, 1.82) is 0 Å². The van der Waals surface area contributed by atoms with E-state index in [1.807, 2.05) is 0 Å². The van der Waals surface area contributed by atoms with E-state index in [-0.39, 0.29) is 0 Å². The van der Waals surface area contributed by atoms with Gasteiger partial charge in [-0.3, -0.25) is 0 Å². The highest BCUT2D eigenvalue weighted by molar-refractivity contribution is 6.78. The first-order valence-electron chi connectivity index (χ1n) is 5.78. The molecule has 0 aliphatic heterocycles. The van der Waals surface area contributed by atoms with Crippen molar-refractivity contribution in [2.75, 3.05) is 0 Å². The molecule has 0 fully saturated rings. The predicted molar refractivity (Wildman–Crippen MR) is 71.3 cm³/mol. The van der Waals surface area contributed by atoms with Gasteiger partial charge in [-0.1, -0.05) is 80.4 Å². The molecule has 0 heterocycles. The molecule has 0 aliphatic carbocycles. The second-order valence-corrected chi connectivity index (χ2v) is 11.6. The molecule has 0 aliphatic rings. The SMILES string of the molecule is C[C](C)(C)[Al]([c]1ccccc1)[C](C)(C)C. The number of hydrogen-bond acceptors (Lipinski definition) is 0. The molecular formula is C14H23Al. The number of hydrogen-bond donors (Lipinski definition) is 0. The van der Waals surface area contributed by atoms with Crippen molar-refractivity contribution in [3.63, 3.8) is 0 Å². The largest absolute Gasteiger partial charge is 0.317 e. The summed E-state index contributed by atoms with van der Waals surface area (Å²) in [5.41, 5.74) is 0. The van der Waals surface area contributed by atoms with Gasteiger partial charge in [-0.2, -0.15) is 0 Å². The average Bonchev–Trinajstić information content (AvgIpc) is 2.00. The molecule has 0 spiro atoms. The van der Waals surface area contributed by atoms with Gasteiger partial charge in [0, 0.05) is 0 Å². The van der Waals surface area contributed by atoms with Gasteiger partial charge in [-0.15, -0.1) is 4.43 Å². The summed E-state index contributed by atoms with van der Waals surface area (Å²) in [6, 6.07) is 11.1. The maximum absolute atomic E-state index is 2.39. The van der Waals surface area contributed by atoms with Gasteiger partial charge in [0.15, 0.2) is 0 Å². The highest BCUT2D eigenvalue weighted by Crippen LogP contribution is 2.41. The minimum Gasteiger partial charge on any atom is -0.109 e. The Kier molecular flexibility index (Phi) is 3.69. The fraction of sp³-hybridized carbons (Fsp3) is 0.571. The van der Waals surface area contributed by atoms with Crippen LogP contribution in [0.2, 0.25) is 8.55 Å². The predicted octanol–water partition coefficient (Wildman–Crippen LogP) is 3.99. The van der Waals surface area contributed by atoms with Crippen molar-refractivity contribution in [1.82, 2.24) is 0 Å². The first kappa shape index (κ1) is 12.8. The van der Waals surface area contributed by atoms with Gasteiger partial charge in [0.05, 0.1) is 0 Å². The molecule has 0 nitrogen and oxygen atoms in total. The quantitative estimate of drug-likeness (QED) is 0.625. The Labute approximate surface area is 99.1 Å². The second kappa shape index (κ2) is 4.32. The zero-order valence-electron chi connectivity index (χ0n) is 11.0. The molecule has 0 radical (unpaired) electrons. The van der Waals surface area contributed by atoms with Gasteiger partial charge in [0.1, 0.15) is 0 Å². The summed E-state index contributed by atoms with van der Waals surface area (Å²) in [6.45, 7) is 14.3. The van der Waals surface area contributed by atoms with Crippen LogP contribution in [0.25, 0.3) is 0 Å². The zero-order chi connectivity index (χ0) is 11.7. The molecule has 0 bridgehead atoms. The third-order valence-electron chi connectivity index (χ3n) is 2.86. The lowest BCUT2D eigenvalue weighted by molar-refractivity contribution is 0.653. The van der Waals surface area contributed by atoms with Crippen molar-refractivity contribution in [3.8, 4) is 0 Å². The van der Waals surface area contributed by atoms with Crippen LogP contribution in [0.4, 0.5) is 0 Å². The van der Waals surface area contributed by atoms with E-state index in [0.29, 0.717) is 8.55 Å². The molecule has 0 atom stereocenters. The van der Waals surface area contributed by atoms with Crippen LogP contribution in [0.15, 0.2) is 30.3 Å². The first-order chi connectivity index (χ1) is 6.73. The lowest BCUT2D eigenvalue weighted by Gasteiger charge is -2.36. The standard InChI is InChI=1S/C6H5.2C4H9.Al/c1-2-4-6-5-3-1;2*1-4(2)3;/h1-5H;2*1-3H3;. The third-order valence-corrected chi connectivity index (χ3v) is 7.38. The van der Waals surface area contributed by atoms with E-state index in [4.69, 9.17) is 0 Å². The summed E-state index contributed by atoms with van der Waals surface area (Å²) < 4.78 is 2.48. The minimum atomic E-state index is -0.969. The molecule has 1 aromatic rings. The minimum absolute atomic E-state index is 0.444. The van der Waals surface area contributed by atoms with Gasteiger partial charge in [-0.25, -0.2) is 0 Å². The Bertz CT molecular complexity index is 286. The van der Waals surface area contributed by atoms with Crippen LogP contribution in [-0.2, 0) is 0 Å². The summed E-state index contributed by atoms with van der Waals surface area (Å²) in [6.07, 6.45) is 0. The molecule has 1 aromatic carbocycles. The molecule has 82 valence electrons. The van der Waals surface area contributed by atoms with Crippen molar-refractivity contribution < 1.29 is 0 Å². The highest BCUT2D eigenvalue weighted by Gasteiger charge is 2.42. The van der Waals surface area contributed by atoms with Gasteiger partial charge < -0.3 is 0 Å². The van der Waals surface area contributed by atoms with Gasteiger partial charge in [0.2, 0.25) is 0 Å². The molecule has 0 saturated heterocycles. The maximum Gasteiger partial charge on any atom is 0.317 e. The molecular weight excluding hydrogens is 195 g/mol. The average molecular weight is 218 g/mol. The van der Waals surface area contributed by atoms with E-state index in [0.717, 1.165) is 0 Å². The van der Waals surface area contributed by atoms with Crippen LogP contribution in [0, 0.1) is 0 Å². The van der Waals surface area contributed by atoms with Crippen LogP contribution in [0.1, 0.15) is 41.5 Å². The van der Waals surface area contributed by atoms with E-state index in [9.17, 15) is 0 Å². The van der Waals surface area contributed by atoms with Crippen molar-refractivity contribution >= 4 is 18.6 Å². The van der Waals surface area contributed by atoms with E-state index in [2.05, 4.69) is 71.9 Å². The van der Waals surface area contributed by atoms with Crippen molar-refractivity contribution in [2.45, 2.75) is 50.1 Å². The van der Waals surface area contributed by atoms with Gasteiger partial charge in [0.25, 0.3) is 0 Å². The van der Waals surface area contributed by atoms with E-state index in [1.165, 1.54) is 0 Å². The summed E-state index contributed by atoms with van der Waals surface area (Å²) >= 11 is -0.969. The fourth-order valence-corrected chi connectivity index (χ4v) is 8.15. The topological polar surface area (TPSA) is 0 Å². The van der Waals surface area contributed by atoms with Crippen LogP contribution < -0.4 is 4.43 Å². The van der Waals surface area contributed by atoms with Crippen molar-refractivity contribution in [3.05, 3.63) is 30.3 Å². The summed E-state index contributed by atoms with van der Waals surface area (Å²) in [7, 11) is 0. The van der Waals surface area contributed by atoms with Crippen LogP contribution >= 0.6 is 0 Å². The van der Waals surface area contributed by atoms with Crippen LogP contribution in [0.3, 0.4) is 0 Å². The van der Waals surface area contributed by atoms with E-state index >= 15 is 0 Å². The summed E-state index contributed by atoms with van der Waals surface area (Å²) in [4.78, 5) is 0. The Morgan fingerprint density at radius 3 is 1.47 bits per heavy atom. The van der Waals surface area contributed by atoms with Crippen LogP contribution in [0.5, 0.6) is 0 Å². The third kappa shape index (κ3) is 3.37. The fourth-order valence-electron chi connectivity index (χ4n) is 2.94. The van der Waals surface area contributed by atoms with E-state index in [1.54, 1.807) is 4.43 Å². The molecule has 0 amide bonds. The van der Waals surface area contributed by atoms with E-state index < -0.39 is 14.1 Å². The Morgan fingerprint density at radius 2 is 1.13 bits per heavy atom. The number of rotatable bonds is 1. The summed E-state index contributed by atoms with van der Waals surface area (Å²) in [5.74, 6) is 0. The molecule has 0 saturated carbocycles. The normalized spacial score (nSPS) is 12.7. The molecule has 1 heteroatoms. The zero-order valence-corrected chi connectivity index (χ0v) is 12.1. The van der Waals surface area contributed by atoms with Gasteiger partial charge in [-0.05, 0) is 0 Å². The first-order valence-corrected chi connectivity index (χ1v) is 7.51. The molecule has 0 N–H and O–H groups in total. The maximum atomic E-state index is 2.39. The Morgan fingerprint density at radius 1 is 0.733 bits per heavy atom. The molecule has 1 rings (SSSR count). The lowest BCUT2D eigenvalue weighted by Crippen LogP contribution is -2.45. The number of benzene rings is 1.